The Bertz CT molecular complexity index is 459. The van der Waals surface area contributed by atoms with Gasteiger partial charge in [0.15, 0.2) is 0 Å². The highest BCUT2D eigenvalue weighted by Crippen LogP contribution is 2.24. The molecule has 0 bridgehead atoms. The average Bonchev–Trinajstić information content (AvgIpc) is 2.40. The first-order valence-electron chi connectivity index (χ1n) is 7.07. The molecule has 0 aliphatic heterocycles. The number of hydrogen-bond donors (Lipinski definition) is 2. The van der Waals surface area contributed by atoms with E-state index in [1.54, 1.807) is 6.07 Å². The van der Waals surface area contributed by atoms with E-state index in [2.05, 4.69) is 22.5 Å². The highest BCUT2D eigenvalue weighted by atomic mass is 16.1. The summed E-state index contributed by atoms with van der Waals surface area (Å²) in [4.78, 5) is 16.6. The van der Waals surface area contributed by atoms with Crippen LogP contribution in [0.4, 0.5) is 5.82 Å². The zero-order valence-electron chi connectivity index (χ0n) is 12.0. The highest BCUT2D eigenvalue weighted by Gasteiger charge is 2.23. The normalized spacial score (nSPS) is 22.9. The number of hydrogen-bond acceptors (Lipinski definition) is 3. The summed E-state index contributed by atoms with van der Waals surface area (Å²) in [5.41, 5.74) is 1.54. The molecule has 4 nitrogen and oxygen atoms in total. The number of rotatable bonds is 3. The molecule has 19 heavy (non-hydrogen) atoms. The van der Waals surface area contributed by atoms with Crippen molar-refractivity contribution in [2.45, 2.75) is 45.6 Å². The van der Waals surface area contributed by atoms with E-state index in [4.69, 9.17) is 0 Å². The largest absolute Gasteiger partial charge is 0.373 e. The minimum absolute atomic E-state index is 0.0146. The van der Waals surface area contributed by atoms with Crippen LogP contribution in [0.2, 0.25) is 0 Å². The summed E-state index contributed by atoms with van der Waals surface area (Å²) in [6.07, 6.45) is 4.80. The smallest absolute Gasteiger partial charge is 0.251 e. The van der Waals surface area contributed by atoms with Gasteiger partial charge in [-0.25, -0.2) is 4.98 Å². The van der Waals surface area contributed by atoms with Crippen LogP contribution in [0.3, 0.4) is 0 Å². The van der Waals surface area contributed by atoms with E-state index in [9.17, 15) is 4.79 Å². The quantitative estimate of drug-likeness (QED) is 0.879. The lowest BCUT2D eigenvalue weighted by atomic mass is 9.86. The molecule has 1 heterocycles. The molecule has 1 aliphatic carbocycles. The summed E-state index contributed by atoms with van der Waals surface area (Å²) in [7, 11) is 1.81. The molecule has 1 amide bonds. The van der Waals surface area contributed by atoms with Crippen molar-refractivity contribution in [3.8, 4) is 0 Å². The van der Waals surface area contributed by atoms with Crippen LogP contribution in [0.15, 0.2) is 12.1 Å². The topological polar surface area (TPSA) is 54.0 Å². The third kappa shape index (κ3) is 3.46. The Morgan fingerprint density at radius 1 is 1.32 bits per heavy atom. The molecule has 0 aromatic carbocycles. The lowest BCUT2D eigenvalue weighted by Crippen LogP contribution is -2.41. The summed E-state index contributed by atoms with van der Waals surface area (Å²) in [6, 6.07) is 3.95. The van der Waals surface area contributed by atoms with Gasteiger partial charge >= 0.3 is 0 Å². The molecule has 1 fully saturated rings. The number of nitrogens with zero attached hydrogens (tertiary/aromatic N) is 1. The fourth-order valence-corrected chi connectivity index (χ4v) is 2.71. The van der Waals surface area contributed by atoms with Gasteiger partial charge in [0.2, 0.25) is 0 Å². The number of anilines is 1. The summed E-state index contributed by atoms with van der Waals surface area (Å²) in [6.45, 7) is 4.13. The van der Waals surface area contributed by atoms with Gasteiger partial charge in [0.1, 0.15) is 5.82 Å². The van der Waals surface area contributed by atoms with Crippen LogP contribution in [0.1, 0.15) is 48.7 Å². The SMILES string of the molecule is CNc1cc(C(=O)NC2CCCCC2C)cc(C)n1. The summed E-state index contributed by atoms with van der Waals surface area (Å²) in [5.74, 6) is 1.33. The second-order valence-corrected chi connectivity index (χ2v) is 5.47. The van der Waals surface area contributed by atoms with Gasteiger partial charge in [0.05, 0.1) is 0 Å². The van der Waals surface area contributed by atoms with E-state index in [0.29, 0.717) is 17.5 Å². The van der Waals surface area contributed by atoms with Crippen molar-refractivity contribution < 1.29 is 4.79 Å². The minimum atomic E-state index is 0.0146. The van der Waals surface area contributed by atoms with E-state index in [-0.39, 0.29) is 5.91 Å². The number of amides is 1. The molecule has 0 radical (unpaired) electrons. The number of carbonyl (C=O) groups is 1. The van der Waals surface area contributed by atoms with Gasteiger partial charge in [0.25, 0.3) is 5.91 Å². The molecule has 104 valence electrons. The molecule has 0 spiro atoms. The van der Waals surface area contributed by atoms with Crippen molar-refractivity contribution in [1.82, 2.24) is 10.3 Å². The zero-order chi connectivity index (χ0) is 13.8. The van der Waals surface area contributed by atoms with Crippen molar-refractivity contribution >= 4 is 11.7 Å². The fourth-order valence-electron chi connectivity index (χ4n) is 2.71. The Kier molecular flexibility index (Phi) is 4.40. The van der Waals surface area contributed by atoms with Crippen LogP contribution in [0.5, 0.6) is 0 Å². The third-order valence-electron chi connectivity index (χ3n) is 3.90. The van der Waals surface area contributed by atoms with Crippen LogP contribution in [-0.2, 0) is 0 Å². The zero-order valence-corrected chi connectivity index (χ0v) is 12.0. The lowest BCUT2D eigenvalue weighted by Gasteiger charge is -2.29. The molecule has 1 aliphatic rings. The summed E-state index contributed by atoms with van der Waals surface area (Å²) >= 11 is 0. The number of nitrogens with one attached hydrogen (secondary N) is 2. The molecule has 1 aromatic heterocycles. The maximum Gasteiger partial charge on any atom is 0.251 e. The summed E-state index contributed by atoms with van der Waals surface area (Å²) < 4.78 is 0. The van der Waals surface area contributed by atoms with Gasteiger partial charge in [-0.2, -0.15) is 0 Å². The number of aryl methyl sites for hydroxylation is 1. The lowest BCUT2D eigenvalue weighted by molar-refractivity contribution is 0.0910. The van der Waals surface area contributed by atoms with Crippen LogP contribution in [-0.4, -0.2) is 24.0 Å². The van der Waals surface area contributed by atoms with E-state index in [1.165, 1.54) is 19.3 Å². The van der Waals surface area contributed by atoms with E-state index in [0.717, 1.165) is 17.9 Å². The van der Waals surface area contributed by atoms with Crippen molar-refractivity contribution in [3.63, 3.8) is 0 Å². The number of aromatic nitrogens is 1. The van der Waals surface area contributed by atoms with Gasteiger partial charge in [-0.3, -0.25) is 4.79 Å². The van der Waals surface area contributed by atoms with Crippen LogP contribution >= 0.6 is 0 Å². The van der Waals surface area contributed by atoms with Crippen LogP contribution < -0.4 is 10.6 Å². The van der Waals surface area contributed by atoms with Crippen molar-refractivity contribution in [2.24, 2.45) is 5.92 Å². The van der Waals surface area contributed by atoms with Gasteiger partial charge in [-0.1, -0.05) is 19.8 Å². The monoisotopic (exact) mass is 261 g/mol. The van der Waals surface area contributed by atoms with Gasteiger partial charge in [0, 0.05) is 24.3 Å². The maximum absolute atomic E-state index is 12.3. The Morgan fingerprint density at radius 3 is 2.74 bits per heavy atom. The molecule has 1 saturated carbocycles. The molecular weight excluding hydrogens is 238 g/mol. The van der Waals surface area contributed by atoms with Gasteiger partial charge in [-0.15, -0.1) is 0 Å². The third-order valence-corrected chi connectivity index (χ3v) is 3.90. The first kappa shape index (κ1) is 13.8. The van der Waals surface area contributed by atoms with Crippen molar-refractivity contribution in [3.05, 3.63) is 23.4 Å². The fraction of sp³-hybridized carbons (Fsp3) is 0.600. The predicted molar refractivity (Wildman–Crippen MR) is 77.4 cm³/mol. The number of carbonyl (C=O) groups excluding carboxylic acids is 1. The second-order valence-electron chi connectivity index (χ2n) is 5.47. The molecule has 0 saturated heterocycles. The maximum atomic E-state index is 12.3. The average molecular weight is 261 g/mol. The Balaban J connectivity index is 2.08. The van der Waals surface area contributed by atoms with E-state index < -0.39 is 0 Å². The van der Waals surface area contributed by atoms with Crippen LogP contribution in [0.25, 0.3) is 0 Å². The molecule has 2 unspecified atom stereocenters. The minimum Gasteiger partial charge on any atom is -0.373 e. The first-order valence-corrected chi connectivity index (χ1v) is 7.07. The Labute approximate surface area is 115 Å². The highest BCUT2D eigenvalue weighted by molar-refractivity contribution is 5.95. The molecule has 2 rings (SSSR count). The molecule has 2 N–H and O–H groups in total. The Hall–Kier alpha value is -1.58. The molecule has 4 heteroatoms. The van der Waals surface area contributed by atoms with Gasteiger partial charge in [-0.05, 0) is 37.8 Å². The molecule has 2 atom stereocenters. The van der Waals surface area contributed by atoms with E-state index >= 15 is 0 Å². The van der Waals surface area contributed by atoms with Crippen molar-refractivity contribution in [1.29, 1.82) is 0 Å². The Morgan fingerprint density at radius 2 is 2.05 bits per heavy atom. The second kappa shape index (κ2) is 6.04. The van der Waals surface area contributed by atoms with Crippen molar-refractivity contribution in [2.75, 3.05) is 12.4 Å². The first-order chi connectivity index (χ1) is 9.10. The molecular formula is C15H23N3O. The van der Waals surface area contributed by atoms with Crippen LogP contribution in [0, 0.1) is 12.8 Å². The summed E-state index contributed by atoms with van der Waals surface area (Å²) in [5, 5.41) is 6.15. The van der Waals surface area contributed by atoms with E-state index in [1.807, 2.05) is 20.0 Å². The van der Waals surface area contributed by atoms with Gasteiger partial charge < -0.3 is 10.6 Å². The predicted octanol–water partition coefficient (Wildman–Crippen LogP) is 2.74. The standard InChI is InChI=1S/C15H23N3O/c1-10-6-4-5-7-13(10)18-15(19)12-8-11(2)17-14(9-12)16-3/h8-10,13H,4-7H2,1-3H3,(H,16,17)(H,18,19). The molecule has 1 aromatic rings. The number of pyridine rings is 1.